The molecule has 2 N–H and O–H groups in total. The molecule has 0 spiro atoms. The molecule has 0 atom stereocenters. The van der Waals surface area contributed by atoms with Crippen molar-refractivity contribution >= 4 is 11.5 Å². The van der Waals surface area contributed by atoms with Gasteiger partial charge in [0, 0.05) is 16.8 Å². The van der Waals surface area contributed by atoms with E-state index in [4.69, 9.17) is 10.5 Å². The number of rotatable bonds is 3. The SMILES string of the molecule is COc1ccc(C(=O)c2ccc(C)c(N)c2)cc1C. The Balaban J connectivity index is 2.38. The summed E-state index contributed by atoms with van der Waals surface area (Å²) in [6.45, 7) is 3.83. The second-order valence-electron chi connectivity index (χ2n) is 4.58. The van der Waals surface area contributed by atoms with Crippen molar-refractivity contribution < 1.29 is 9.53 Å². The van der Waals surface area contributed by atoms with Crippen molar-refractivity contribution in [2.24, 2.45) is 0 Å². The molecular weight excluding hydrogens is 238 g/mol. The van der Waals surface area contributed by atoms with Crippen molar-refractivity contribution in [2.75, 3.05) is 12.8 Å². The van der Waals surface area contributed by atoms with Crippen LogP contribution in [0, 0.1) is 13.8 Å². The average Bonchev–Trinajstić information content (AvgIpc) is 2.41. The average molecular weight is 255 g/mol. The van der Waals surface area contributed by atoms with Gasteiger partial charge in [-0.2, -0.15) is 0 Å². The lowest BCUT2D eigenvalue weighted by Crippen LogP contribution is -2.03. The van der Waals surface area contributed by atoms with Crippen LogP contribution in [0.5, 0.6) is 5.75 Å². The van der Waals surface area contributed by atoms with Gasteiger partial charge in [0.15, 0.2) is 5.78 Å². The van der Waals surface area contributed by atoms with Crippen molar-refractivity contribution in [2.45, 2.75) is 13.8 Å². The van der Waals surface area contributed by atoms with Gasteiger partial charge in [-0.25, -0.2) is 0 Å². The number of anilines is 1. The predicted molar refractivity (Wildman–Crippen MR) is 76.8 cm³/mol. The lowest BCUT2D eigenvalue weighted by atomic mass is 9.99. The number of ether oxygens (including phenoxy) is 1. The Morgan fingerprint density at radius 3 is 2.21 bits per heavy atom. The molecule has 0 radical (unpaired) electrons. The summed E-state index contributed by atoms with van der Waals surface area (Å²) in [6, 6.07) is 10.8. The summed E-state index contributed by atoms with van der Waals surface area (Å²) in [5.74, 6) is 0.748. The molecule has 2 aromatic carbocycles. The van der Waals surface area contributed by atoms with E-state index in [0.29, 0.717) is 16.8 Å². The van der Waals surface area contributed by atoms with Gasteiger partial charge < -0.3 is 10.5 Å². The highest BCUT2D eigenvalue weighted by Crippen LogP contribution is 2.21. The maximum Gasteiger partial charge on any atom is 0.193 e. The zero-order chi connectivity index (χ0) is 14.0. The van der Waals surface area contributed by atoms with E-state index in [-0.39, 0.29) is 5.78 Å². The Hall–Kier alpha value is -2.29. The third-order valence-electron chi connectivity index (χ3n) is 3.20. The van der Waals surface area contributed by atoms with Gasteiger partial charge >= 0.3 is 0 Å². The molecule has 0 fully saturated rings. The summed E-state index contributed by atoms with van der Waals surface area (Å²) in [5, 5.41) is 0. The van der Waals surface area contributed by atoms with Gasteiger partial charge in [-0.15, -0.1) is 0 Å². The summed E-state index contributed by atoms with van der Waals surface area (Å²) >= 11 is 0. The van der Waals surface area contributed by atoms with Crippen molar-refractivity contribution in [1.29, 1.82) is 0 Å². The van der Waals surface area contributed by atoms with Crippen LogP contribution in [0.3, 0.4) is 0 Å². The van der Waals surface area contributed by atoms with Gasteiger partial charge in [0.05, 0.1) is 7.11 Å². The number of benzene rings is 2. The van der Waals surface area contributed by atoms with Crippen molar-refractivity contribution in [3.8, 4) is 5.75 Å². The van der Waals surface area contributed by atoms with Crippen LogP contribution in [0.4, 0.5) is 5.69 Å². The standard InChI is InChI=1S/C16H17NO2/c1-10-4-5-13(9-14(10)17)16(18)12-6-7-15(19-3)11(2)8-12/h4-9H,17H2,1-3H3. The minimum Gasteiger partial charge on any atom is -0.496 e. The number of nitrogens with two attached hydrogens (primary N) is 1. The number of hydrogen-bond acceptors (Lipinski definition) is 3. The topological polar surface area (TPSA) is 52.3 Å². The highest BCUT2D eigenvalue weighted by atomic mass is 16.5. The largest absolute Gasteiger partial charge is 0.496 e. The van der Waals surface area contributed by atoms with Crippen LogP contribution in [0.15, 0.2) is 36.4 Å². The molecule has 19 heavy (non-hydrogen) atoms. The Morgan fingerprint density at radius 1 is 1.00 bits per heavy atom. The van der Waals surface area contributed by atoms with Gasteiger partial charge in [0.2, 0.25) is 0 Å². The summed E-state index contributed by atoms with van der Waals surface area (Å²) in [5.41, 5.74) is 9.63. The third-order valence-corrected chi connectivity index (χ3v) is 3.20. The Labute approximate surface area is 113 Å². The Morgan fingerprint density at radius 2 is 1.63 bits per heavy atom. The van der Waals surface area contributed by atoms with E-state index in [1.807, 2.05) is 26.0 Å². The number of hydrogen-bond donors (Lipinski definition) is 1. The van der Waals surface area contributed by atoms with Crippen LogP contribution >= 0.6 is 0 Å². The molecule has 0 saturated heterocycles. The first-order valence-electron chi connectivity index (χ1n) is 6.08. The van der Waals surface area contributed by atoms with Crippen LogP contribution in [-0.2, 0) is 0 Å². The molecule has 0 bridgehead atoms. The normalized spacial score (nSPS) is 10.3. The smallest absolute Gasteiger partial charge is 0.193 e. The van der Waals surface area contributed by atoms with Crippen LogP contribution in [0.2, 0.25) is 0 Å². The first-order valence-corrected chi connectivity index (χ1v) is 6.08. The van der Waals surface area contributed by atoms with Gasteiger partial charge in [-0.1, -0.05) is 12.1 Å². The minimum absolute atomic E-state index is 0.0301. The molecule has 98 valence electrons. The van der Waals surface area contributed by atoms with Crippen molar-refractivity contribution in [1.82, 2.24) is 0 Å². The molecule has 0 heterocycles. The molecule has 3 heteroatoms. The molecule has 2 aromatic rings. The summed E-state index contributed by atoms with van der Waals surface area (Å²) in [6.07, 6.45) is 0. The predicted octanol–water partition coefficient (Wildman–Crippen LogP) is 3.13. The maximum atomic E-state index is 12.4. The molecular formula is C16H17NO2. The van der Waals surface area contributed by atoms with Gasteiger partial charge in [-0.05, 0) is 49.2 Å². The highest BCUT2D eigenvalue weighted by Gasteiger charge is 2.11. The van der Waals surface area contributed by atoms with E-state index in [1.54, 1.807) is 31.4 Å². The van der Waals surface area contributed by atoms with Crippen molar-refractivity contribution in [3.05, 3.63) is 58.7 Å². The van der Waals surface area contributed by atoms with E-state index in [1.165, 1.54) is 0 Å². The Bertz CT molecular complexity index is 633. The number of carbonyl (C=O) groups excluding carboxylic acids is 1. The maximum absolute atomic E-state index is 12.4. The zero-order valence-electron chi connectivity index (χ0n) is 11.4. The zero-order valence-corrected chi connectivity index (χ0v) is 11.4. The summed E-state index contributed by atoms with van der Waals surface area (Å²) < 4.78 is 5.19. The van der Waals surface area contributed by atoms with E-state index in [9.17, 15) is 4.79 Å². The van der Waals surface area contributed by atoms with Crippen LogP contribution in [-0.4, -0.2) is 12.9 Å². The molecule has 0 aliphatic rings. The van der Waals surface area contributed by atoms with Crippen molar-refractivity contribution in [3.63, 3.8) is 0 Å². The molecule has 2 rings (SSSR count). The number of nitrogen functional groups attached to an aromatic ring is 1. The lowest BCUT2D eigenvalue weighted by Gasteiger charge is -2.08. The second kappa shape index (κ2) is 5.14. The molecule has 0 aliphatic carbocycles. The molecule has 0 amide bonds. The van der Waals surface area contributed by atoms with E-state index < -0.39 is 0 Å². The fourth-order valence-electron chi connectivity index (χ4n) is 1.97. The van der Waals surface area contributed by atoms with E-state index in [2.05, 4.69) is 0 Å². The third kappa shape index (κ3) is 2.60. The van der Waals surface area contributed by atoms with Gasteiger partial charge in [0.25, 0.3) is 0 Å². The van der Waals surface area contributed by atoms with E-state index >= 15 is 0 Å². The quantitative estimate of drug-likeness (QED) is 0.677. The molecule has 0 aromatic heterocycles. The minimum atomic E-state index is -0.0301. The van der Waals surface area contributed by atoms with Gasteiger partial charge in [-0.3, -0.25) is 4.79 Å². The molecule has 3 nitrogen and oxygen atoms in total. The van der Waals surface area contributed by atoms with E-state index in [0.717, 1.165) is 16.9 Å². The number of methoxy groups -OCH3 is 1. The number of carbonyl (C=O) groups is 1. The van der Waals surface area contributed by atoms with Gasteiger partial charge in [0.1, 0.15) is 5.75 Å². The lowest BCUT2D eigenvalue weighted by molar-refractivity contribution is 0.103. The fraction of sp³-hybridized carbons (Fsp3) is 0.188. The number of ketones is 1. The number of aryl methyl sites for hydroxylation is 2. The first-order chi connectivity index (χ1) is 9.02. The van der Waals surface area contributed by atoms with Crippen LogP contribution < -0.4 is 10.5 Å². The van der Waals surface area contributed by atoms with Crippen LogP contribution in [0.25, 0.3) is 0 Å². The monoisotopic (exact) mass is 255 g/mol. The second-order valence-corrected chi connectivity index (χ2v) is 4.58. The molecule has 0 saturated carbocycles. The highest BCUT2D eigenvalue weighted by molar-refractivity contribution is 6.09. The summed E-state index contributed by atoms with van der Waals surface area (Å²) in [7, 11) is 1.62. The molecule has 0 unspecified atom stereocenters. The summed E-state index contributed by atoms with van der Waals surface area (Å²) in [4.78, 5) is 12.4. The fourth-order valence-corrected chi connectivity index (χ4v) is 1.97. The Kier molecular flexibility index (Phi) is 3.56. The molecule has 0 aliphatic heterocycles. The van der Waals surface area contributed by atoms with Crippen LogP contribution in [0.1, 0.15) is 27.0 Å². The first kappa shape index (κ1) is 13.1.